The van der Waals surface area contributed by atoms with Crippen LogP contribution in [0.25, 0.3) is 0 Å². The molecule has 0 aromatic carbocycles. The van der Waals surface area contributed by atoms with Crippen molar-refractivity contribution < 1.29 is 0 Å². The molecule has 90 valence electrons. The molecule has 0 aromatic rings. The fraction of sp³-hybridized carbons (Fsp3) is 1.00. The number of nitrogens with one attached hydrogen (secondary N) is 1. The van der Waals surface area contributed by atoms with Crippen molar-refractivity contribution >= 4 is 0 Å². The molecule has 0 aliphatic heterocycles. The molecule has 14 heavy (non-hydrogen) atoms. The first-order chi connectivity index (χ1) is 6.41. The maximum atomic E-state index is 3.02. The Balaban J connectivity index is -0.000000141. The average Bonchev–Trinajstić information content (AvgIpc) is 2.25. The van der Waals surface area contributed by atoms with Gasteiger partial charge in [-0.15, -0.1) is 0 Å². The third kappa shape index (κ3) is 22.7. The van der Waals surface area contributed by atoms with Crippen LogP contribution in [0.1, 0.15) is 73.1 Å². The van der Waals surface area contributed by atoms with Crippen LogP contribution in [0, 0.1) is 0 Å². The van der Waals surface area contributed by atoms with E-state index in [1.54, 1.807) is 0 Å². The van der Waals surface area contributed by atoms with Crippen LogP contribution in [0.3, 0.4) is 0 Å². The van der Waals surface area contributed by atoms with Crippen molar-refractivity contribution in [2.24, 2.45) is 0 Å². The summed E-state index contributed by atoms with van der Waals surface area (Å²) >= 11 is 0. The molecule has 0 unspecified atom stereocenters. The number of rotatable bonds is 2. The van der Waals surface area contributed by atoms with Gasteiger partial charge >= 0.3 is 0 Å². The third-order valence-corrected chi connectivity index (χ3v) is 2.00. The molecule has 1 aliphatic carbocycles. The second kappa shape index (κ2) is 23.1. The highest BCUT2D eigenvalue weighted by Gasteiger charge is 1.95. The Morgan fingerprint density at radius 1 is 0.857 bits per heavy atom. The van der Waals surface area contributed by atoms with E-state index in [-0.39, 0.29) is 7.43 Å². The van der Waals surface area contributed by atoms with E-state index in [1.807, 2.05) is 20.9 Å². The monoisotopic (exact) mass is 203 g/mol. The first-order valence-electron chi connectivity index (χ1n) is 6.06. The Kier molecular flexibility index (Phi) is 32.2. The van der Waals surface area contributed by atoms with Gasteiger partial charge < -0.3 is 5.32 Å². The molecule has 0 radical (unpaired) electrons. The van der Waals surface area contributed by atoms with Crippen molar-refractivity contribution in [3.63, 3.8) is 0 Å². The molecule has 1 fully saturated rings. The Bertz CT molecular complexity index is 44.7. The van der Waals surface area contributed by atoms with Crippen molar-refractivity contribution in [1.29, 1.82) is 0 Å². The van der Waals surface area contributed by atoms with Crippen molar-refractivity contribution in [3.05, 3.63) is 0 Å². The van der Waals surface area contributed by atoms with Gasteiger partial charge in [0.25, 0.3) is 0 Å². The van der Waals surface area contributed by atoms with E-state index >= 15 is 0 Å². The zero-order valence-electron chi connectivity index (χ0n) is 10.2. The van der Waals surface area contributed by atoms with Gasteiger partial charge in [-0.2, -0.15) is 0 Å². The summed E-state index contributed by atoms with van der Waals surface area (Å²) in [6.07, 6.45) is 10.2. The summed E-state index contributed by atoms with van der Waals surface area (Å²) in [6, 6.07) is 0. The lowest BCUT2D eigenvalue weighted by atomic mass is 10.0. The summed E-state index contributed by atoms with van der Waals surface area (Å²) in [5.74, 6) is 0. The highest BCUT2D eigenvalue weighted by atomic mass is 14.8. The zero-order valence-corrected chi connectivity index (χ0v) is 10.2. The molecule has 0 bridgehead atoms. The van der Waals surface area contributed by atoms with Crippen LogP contribution in [0.15, 0.2) is 0 Å². The van der Waals surface area contributed by atoms with Gasteiger partial charge in [-0.3, -0.25) is 0 Å². The minimum Gasteiger partial charge on any atom is -0.320 e. The molecule has 1 heteroatoms. The van der Waals surface area contributed by atoms with Crippen LogP contribution in [0.5, 0.6) is 0 Å². The first kappa shape index (κ1) is 19.5. The van der Waals surface area contributed by atoms with Gasteiger partial charge in [-0.1, -0.05) is 66.7 Å². The van der Waals surface area contributed by atoms with Crippen molar-refractivity contribution in [1.82, 2.24) is 5.32 Å². The highest BCUT2D eigenvalue weighted by Crippen LogP contribution is 2.15. The Labute approximate surface area is 92.7 Å². The van der Waals surface area contributed by atoms with E-state index in [0.29, 0.717) is 0 Å². The molecule has 0 amide bonds. The van der Waals surface area contributed by atoms with Crippen LogP contribution in [-0.2, 0) is 0 Å². The maximum absolute atomic E-state index is 3.02. The molecule has 1 N–H and O–H groups in total. The van der Waals surface area contributed by atoms with E-state index < -0.39 is 0 Å². The summed E-state index contributed by atoms with van der Waals surface area (Å²) < 4.78 is 0. The molecule has 1 aliphatic rings. The molecule has 0 atom stereocenters. The van der Waals surface area contributed by atoms with Crippen LogP contribution in [0.4, 0.5) is 0 Å². The van der Waals surface area contributed by atoms with Crippen molar-refractivity contribution in [2.45, 2.75) is 73.1 Å². The summed E-state index contributed by atoms with van der Waals surface area (Å²) in [5.41, 5.74) is 0. The summed E-state index contributed by atoms with van der Waals surface area (Å²) in [7, 11) is 1.96. The topological polar surface area (TPSA) is 12.0 Å². The SMILES string of the molecule is C.C1CCCCC1.CC.CCCNC. The molecule has 0 heterocycles. The van der Waals surface area contributed by atoms with Gasteiger partial charge in [0.05, 0.1) is 0 Å². The van der Waals surface area contributed by atoms with Gasteiger partial charge in [0.1, 0.15) is 0 Å². The van der Waals surface area contributed by atoms with Gasteiger partial charge in [0.15, 0.2) is 0 Å². The van der Waals surface area contributed by atoms with Gasteiger partial charge in [-0.05, 0) is 20.0 Å². The van der Waals surface area contributed by atoms with Gasteiger partial charge in [-0.25, -0.2) is 0 Å². The first-order valence-corrected chi connectivity index (χ1v) is 6.06. The second-order valence-electron chi connectivity index (χ2n) is 3.22. The smallest absolute Gasteiger partial charge is 0.00546 e. The van der Waals surface area contributed by atoms with Crippen LogP contribution in [0.2, 0.25) is 0 Å². The fourth-order valence-electron chi connectivity index (χ4n) is 1.31. The number of hydrogen-bond donors (Lipinski definition) is 1. The summed E-state index contributed by atoms with van der Waals surface area (Å²) in [4.78, 5) is 0. The predicted octanol–water partition coefficient (Wildman–Crippen LogP) is 4.62. The quantitative estimate of drug-likeness (QED) is 0.690. The van der Waals surface area contributed by atoms with Crippen molar-refractivity contribution in [2.75, 3.05) is 13.6 Å². The maximum Gasteiger partial charge on any atom is -0.00546 e. The Morgan fingerprint density at radius 3 is 1.21 bits per heavy atom. The molecule has 1 nitrogen and oxygen atoms in total. The third-order valence-electron chi connectivity index (χ3n) is 2.00. The molecular weight excluding hydrogens is 170 g/mol. The van der Waals surface area contributed by atoms with E-state index in [9.17, 15) is 0 Å². The lowest BCUT2D eigenvalue weighted by Crippen LogP contribution is -2.04. The molecule has 1 rings (SSSR count). The van der Waals surface area contributed by atoms with Crippen molar-refractivity contribution in [3.8, 4) is 0 Å². The van der Waals surface area contributed by atoms with Crippen LogP contribution < -0.4 is 5.32 Å². The molecular formula is C13H33N. The van der Waals surface area contributed by atoms with E-state index in [0.717, 1.165) is 6.54 Å². The van der Waals surface area contributed by atoms with Crippen LogP contribution >= 0.6 is 0 Å². The Hall–Kier alpha value is -0.0400. The van der Waals surface area contributed by atoms with E-state index in [2.05, 4.69) is 12.2 Å². The number of hydrogen-bond acceptors (Lipinski definition) is 1. The summed E-state index contributed by atoms with van der Waals surface area (Å²) in [6.45, 7) is 7.29. The predicted molar refractivity (Wildman–Crippen MR) is 70.0 cm³/mol. The Morgan fingerprint density at radius 2 is 1.14 bits per heavy atom. The normalized spacial score (nSPS) is 13.7. The van der Waals surface area contributed by atoms with Crippen LogP contribution in [-0.4, -0.2) is 13.6 Å². The lowest BCUT2D eigenvalue weighted by Gasteiger charge is -2.05. The molecule has 1 saturated carbocycles. The minimum atomic E-state index is 0. The van der Waals surface area contributed by atoms with E-state index in [4.69, 9.17) is 0 Å². The second-order valence-corrected chi connectivity index (χ2v) is 3.22. The molecule has 0 aromatic heterocycles. The summed E-state index contributed by atoms with van der Waals surface area (Å²) in [5, 5.41) is 3.02. The lowest BCUT2D eigenvalue weighted by molar-refractivity contribution is 0.504. The molecule has 0 saturated heterocycles. The highest BCUT2D eigenvalue weighted by molar-refractivity contribution is 4.51. The largest absolute Gasteiger partial charge is 0.320 e. The van der Waals surface area contributed by atoms with Gasteiger partial charge in [0.2, 0.25) is 0 Å². The van der Waals surface area contributed by atoms with E-state index in [1.165, 1.54) is 44.9 Å². The minimum absolute atomic E-state index is 0. The average molecular weight is 203 g/mol. The zero-order chi connectivity index (χ0) is 10.4. The standard InChI is InChI=1S/C6H12.C4H11N.C2H6.CH4/c1-2-4-6-5-3-1;1-3-4-5-2;1-2;/h1-6H2;5H,3-4H2,1-2H3;1-2H3;1H4. The van der Waals surface area contributed by atoms with Gasteiger partial charge in [0, 0.05) is 0 Å². The molecule has 0 spiro atoms. The fourth-order valence-corrected chi connectivity index (χ4v) is 1.31.